The minimum absolute atomic E-state index is 0.0115. The van der Waals surface area contributed by atoms with Gasteiger partial charge in [0.05, 0.1) is 0 Å². The van der Waals surface area contributed by atoms with E-state index in [-0.39, 0.29) is 5.92 Å². The molecule has 0 spiro atoms. The third-order valence-electron chi connectivity index (χ3n) is 3.07. The molecule has 0 bridgehead atoms. The Morgan fingerprint density at radius 2 is 2.07 bits per heavy atom. The summed E-state index contributed by atoms with van der Waals surface area (Å²) in [5, 5.41) is 0.719. The zero-order chi connectivity index (χ0) is 9.97. The smallest absolute Gasteiger partial charge is 0.127 e. The lowest BCUT2D eigenvalue weighted by Gasteiger charge is -2.31. The molecule has 1 aliphatic rings. The molecule has 2 rings (SSSR count). The summed E-state index contributed by atoms with van der Waals surface area (Å²) in [7, 11) is 0. The first-order valence-electron chi connectivity index (χ1n) is 5.02. The van der Waals surface area contributed by atoms with E-state index in [1.165, 1.54) is 6.42 Å². The van der Waals surface area contributed by atoms with Gasteiger partial charge < -0.3 is 4.79 Å². The third-order valence-corrected chi connectivity index (χ3v) is 3.41. The minimum atomic E-state index is 0.0115. The highest BCUT2D eigenvalue weighted by molar-refractivity contribution is 6.31. The Bertz CT molecular complexity index is 331. The average molecular weight is 209 g/mol. The second-order valence-corrected chi connectivity index (χ2v) is 4.28. The number of benzene rings is 1. The Morgan fingerprint density at radius 3 is 2.57 bits per heavy atom. The number of rotatable bonds is 3. The SMILES string of the molecule is O=CC(c1ccccc1Cl)C1CCC1. The van der Waals surface area contributed by atoms with E-state index in [4.69, 9.17) is 11.6 Å². The highest BCUT2D eigenvalue weighted by Gasteiger charge is 2.29. The highest BCUT2D eigenvalue weighted by atomic mass is 35.5. The maximum atomic E-state index is 11.0. The van der Waals surface area contributed by atoms with Gasteiger partial charge in [-0.25, -0.2) is 0 Å². The summed E-state index contributed by atoms with van der Waals surface area (Å²) in [6.45, 7) is 0. The van der Waals surface area contributed by atoms with Crippen molar-refractivity contribution >= 4 is 17.9 Å². The van der Waals surface area contributed by atoms with Crippen molar-refractivity contribution in [2.75, 3.05) is 0 Å². The Labute approximate surface area is 89.1 Å². The molecule has 0 N–H and O–H groups in total. The van der Waals surface area contributed by atoms with E-state index >= 15 is 0 Å². The molecule has 0 radical (unpaired) electrons. The van der Waals surface area contributed by atoms with Gasteiger partial charge in [-0.15, -0.1) is 0 Å². The first-order chi connectivity index (χ1) is 6.83. The second-order valence-electron chi connectivity index (χ2n) is 3.87. The number of carbonyl (C=O) groups is 1. The van der Waals surface area contributed by atoms with Gasteiger partial charge in [0.25, 0.3) is 0 Å². The Hall–Kier alpha value is -0.820. The summed E-state index contributed by atoms with van der Waals surface area (Å²) < 4.78 is 0. The molecule has 1 unspecified atom stereocenters. The summed E-state index contributed by atoms with van der Waals surface area (Å²) in [6.07, 6.45) is 4.62. The summed E-state index contributed by atoms with van der Waals surface area (Å²) >= 11 is 6.06. The number of hydrogen-bond acceptors (Lipinski definition) is 1. The van der Waals surface area contributed by atoms with Gasteiger partial charge in [0.2, 0.25) is 0 Å². The van der Waals surface area contributed by atoms with Crippen LogP contribution < -0.4 is 0 Å². The van der Waals surface area contributed by atoms with Crippen LogP contribution in [0.1, 0.15) is 30.7 Å². The fourth-order valence-corrected chi connectivity index (χ4v) is 2.24. The van der Waals surface area contributed by atoms with E-state index in [1.807, 2.05) is 24.3 Å². The fourth-order valence-electron chi connectivity index (χ4n) is 1.98. The number of aldehydes is 1. The molecule has 1 aromatic rings. The van der Waals surface area contributed by atoms with Crippen LogP contribution in [-0.2, 0) is 4.79 Å². The Balaban J connectivity index is 2.26. The second kappa shape index (κ2) is 4.14. The number of carbonyl (C=O) groups excluding carboxylic acids is 1. The normalized spacial score (nSPS) is 18.6. The van der Waals surface area contributed by atoms with Gasteiger partial charge in [0.1, 0.15) is 6.29 Å². The minimum Gasteiger partial charge on any atom is -0.303 e. The molecule has 0 heterocycles. The Kier molecular flexibility index (Phi) is 2.87. The molecule has 14 heavy (non-hydrogen) atoms. The van der Waals surface area contributed by atoms with Crippen molar-refractivity contribution in [2.45, 2.75) is 25.2 Å². The van der Waals surface area contributed by atoms with Gasteiger partial charge >= 0.3 is 0 Å². The molecule has 74 valence electrons. The molecule has 0 amide bonds. The lowest BCUT2D eigenvalue weighted by molar-refractivity contribution is -0.110. The topological polar surface area (TPSA) is 17.1 Å². The molecular formula is C12H13ClO. The van der Waals surface area contributed by atoms with E-state index in [2.05, 4.69) is 0 Å². The van der Waals surface area contributed by atoms with Crippen LogP contribution in [0.15, 0.2) is 24.3 Å². The van der Waals surface area contributed by atoms with Crippen LogP contribution in [0.2, 0.25) is 5.02 Å². The van der Waals surface area contributed by atoms with Gasteiger partial charge in [-0.1, -0.05) is 36.2 Å². The van der Waals surface area contributed by atoms with E-state index in [1.54, 1.807) is 0 Å². The van der Waals surface area contributed by atoms with Crippen LogP contribution in [0.3, 0.4) is 0 Å². The van der Waals surface area contributed by atoms with Gasteiger partial charge in [0.15, 0.2) is 0 Å². The largest absolute Gasteiger partial charge is 0.303 e. The predicted octanol–water partition coefficient (Wildman–Crippen LogP) is 3.42. The highest BCUT2D eigenvalue weighted by Crippen LogP contribution is 2.40. The van der Waals surface area contributed by atoms with Crippen molar-refractivity contribution < 1.29 is 4.79 Å². The quantitative estimate of drug-likeness (QED) is 0.696. The van der Waals surface area contributed by atoms with Gasteiger partial charge in [0, 0.05) is 10.9 Å². The van der Waals surface area contributed by atoms with Crippen LogP contribution in [0.4, 0.5) is 0 Å². The van der Waals surface area contributed by atoms with Gasteiger partial charge in [-0.05, 0) is 30.4 Å². The molecule has 0 aliphatic heterocycles. The third kappa shape index (κ3) is 1.69. The zero-order valence-corrected chi connectivity index (χ0v) is 8.70. The van der Waals surface area contributed by atoms with Gasteiger partial charge in [-0.3, -0.25) is 0 Å². The van der Waals surface area contributed by atoms with E-state index in [0.717, 1.165) is 29.7 Å². The van der Waals surface area contributed by atoms with Crippen molar-refractivity contribution in [3.8, 4) is 0 Å². The lowest BCUT2D eigenvalue weighted by atomic mass is 9.74. The van der Waals surface area contributed by atoms with Crippen molar-refractivity contribution in [1.29, 1.82) is 0 Å². The maximum Gasteiger partial charge on any atom is 0.127 e. The molecule has 1 aromatic carbocycles. The Morgan fingerprint density at radius 1 is 1.36 bits per heavy atom. The number of hydrogen-bond donors (Lipinski definition) is 0. The van der Waals surface area contributed by atoms with Crippen LogP contribution in [0.25, 0.3) is 0 Å². The van der Waals surface area contributed by atoms with Crippen molar-refractivity contribution in [1.82, 2.24) is 0 Å². The summed E-state index contributed by atoms with van der Waals surface area (Å²) in [4.78, 5) is 11.0. The average Bonchev–Trinajstić information content (AvgIpc) is 2.12. The molecule has 0 aromatic heterocycles. The molecule has 0 saturated heterocycles. The molecule has 1 nitrogen and oxygen atoms in total. The number of halogens is 1. The molecule has 1 saturated carbocycles. The zero-order valence-electron chi connectivity index (χ0n) is 7.95. The lowest BCUT2D eigenvalue weighted by Crippen LogP contribution is -2.21. The molecular weight excluding hydrogens is 196 g/mol. The van der Waals surface area contributed by atoms with E-state index < -0.39 is 0 Å². The molecule has 1 atom stereocenters. The standard InChI is InChI=1S/C12H13ClO/c13-12-7-2-1-6-10(12)11(8-14)9-4-3-5-9/h1-2,6-9,11H,3-5H2. The predicted molar refractivity (Wildman–Crippen MR) is 57.6 cm³/mol. The summed E-state index contributed by atoms with van der Waals surface area (Å²) in [5.74, 6) is 0.532. The van der Waals surface area contributed by atoms with Crippen LogP contribution in [0.5, 0.6) is 0 Å². The van der Waals surface area contributed by atoms with Crippen LogP contribution >= 0.6 is 11.6 Å². The van der Waals surface area contributed by atoms with Gasteiger partial charge in [-0.2, -0.15) is 0 Å². The van der Waals surface area contributed by atoms with Crippen molar-refractivity contribution in [2.24, 2.45) is 5.92 Å². The first kappa shape index (κ1) is 9.72. The molecule has 2 heteroatoms. The van der Waals surface area contributed by atoms with Crippen molar-refractivity contribution in [3.63, 3.8) is 0 Å². The van der Waals surface area contributed by atoms with Crippen LogP contribution in [-0.4, -0.2) is 6.29 Å². The van der Waals surface area contributed by atoms with Crippen molar-refractivity contribution in [3.05, 3.63) is 34.9 Å². The maximum absolute atomic E-state index is 11.0. The monoisotopic (exact) mass is 208 g/mol. The summed E-state index contributed by atoms with van der Waals surface area (Å²) in [5.41, 5.74) is 0.994. The first-order valence-corrected chi connectivity index (χ1v) is 5.40. The summed E-state index contributed by atoms with van der Waals surface area (Å²) in [6, 6.07) is 7.65. The molecule has 1 fully saturated rings. The fraction of sp³-hybridized carbons (Fsp3) is 0.417. The van der Waals surface area contributed by atoms with E-state index in [0.29, 0.717) is 5.92 Å². The van der Waals surface area contributed by atoms with E-state index in [9.17, 15) is 4.79 Å². The van der Waals surface area contributed by atoms with Crippen LogP contribution in [0, 0.1) is 5.92 Å². The molecule has 1 aliphatic carbocycles.